The summed E-state index contributed by atoms with van der Waals surface area (Å²) >= 11 is 0. The monoisotopic (exact) mass is 235 g/mol. The average molecular weight is 235 g/mol. The number of rotatable bonds is 2. The van der Waals surface area contributed by atoms with E-state index in [-0.39, 0.29) is 22.9 Å². The minimum atomic E-state index is -0.580. The Kier molecular flexibility index (Phi) is 2.78. The number of hydrogen-bond acceptors (Lipinski definition) is 4. The smallest absolute Gasteiger partial charge is 0.254 e. The lowest BCUT2D eigenvalue weighted by Gasteiger charge is -2.05. The zero-order chi connectivity index (χ0) is 12.4. The van der Waals surface area contributed by atoms with Crippen LogP contribution >= 0.6 is 0 Å². The molecular weight excluding hydrogens is 225 g/mol. The van der Waals surface area contributed by atoms with Crippen LogP contribution in [0.1, 0.15) is 5.82 Å². The first kappa shape index (κ1) is 11.1. The molecule has 2 aromatic rings. The zero-order valence-corrected chi connectivity index (χ0v) is 9.03. The highest BCUT2D eigenvalue weighted by Crippen LogP contribution is 2.22. The van der Waals surface area contributed by atoms with Gasteiger partial charge in [0.25, 0.3) is 5.56 Å². The molecule has 0 saturated heterocycles. The molecule has 0 aliphatic carbocycles. The molecule has 0 radical (unpaired) electrons. The van der Waals surface area contributed by atoms with Crippen LogP contribution < -0.4 is 16.0 Å². The van der Waals surface area contributed by atoms with Gasteiger partial charge in [0.1, 0.15) is 17.4 Å². The third kappa shape index (κ3) is 2.60. The maximum absolute atomic E-state index is 13.1. The van der Waals surface area contributed by atoms with E-state index in [1.54, 1.807) is 6.92 Å². The van der Waals surface area contributed by atoms with Crippen molar-refractivity contribution in [3.63, 3.8) is 0 Å². The fraction of sp³-hybridized carbons (Fsp3) is 0.0909. The lowest BCUT2D eigenvalue weighted by Crippen LogP contribution is -2.08. The van der Waals surface area contributed by atoms with Crippen molar-refractivity contribution in [1.29, 1.82) is 0 Å². The number of H-pyrrole nitrogens is 1. The predicted octanol–water partition coefficient (Wildman–Crippen LogP) is 1.59. The molecule has 0 spiro atoms. The van der Waals surface area contributed by atoms with Crippen LogP contribution in [0.2, 0.25) is 0 Å². The van der Waals surface area contributed by atoms with E-state index in [0.29, 0.717) is 5.82 Å². The number of nitrogen functional groups attached to an aromatic ring is 1. The Morgan fingerprint density at radius 1 is 1.41 bits per heavy atom. The molecule has 0 saturated carbocycles. The first-order valence-corrected chi connectivity index (χ1v) is 4.85. The number of aryl methyl sites for hydroxylation is 1. The average Bonchev–Trinajstić information content (AvgIpc) is 2.22. The number of aromatic nitrogens is 2. The summed E-state index contributed by atoms with van der Waals surface area (Å²) in [6, 6.07) is 5.19. The number of nitrogens with two attached hydrogens (primary N) is 1. The van der Waals surface area contributed by atoms with Crippen molar-refractivity contribution in [2.24, 2.45) is 0 Å². The number of aromatic amines is 1. The third-order valence-corrected chi connectivity index (χ3v) is 2.03. The summed E-state index contributed by atoms with van der Waals surface area (Å²) in [6.45, 7) is 1.62. The molecule has 0 aliphatic rings. The second-order valence-corrected chi connectivity index (χ2v) is 3.45. The molecule has 2 rings (SSSR count). The molecule has 0 bridgehead atoms. The van der Waals surface area contributed by atoms with Crippen LogP contribution in [-0.4, -0.2) is 9.97 Å². The number of nitrogens with one attached hydrogen (secondary N) is 1. The van der Waals surface area contributed by atoms with Gasteiger partial charge in [0, 0.05) is 6.07 Å². The van der Waals surface area contributed by atoms with Gasteiger partial charge < -0.3 is 15.5 Å². The van der Waals surface area contributed by atoms with Gasteiger partial charge in [0.2, 0.25) is 5.88 Å². The van der Waals surface area contributed by atoms with Crippen molar-refractivity contribution in [2.75, 3.05) is 5.73 Å². The van der Waals surface area contributed by atoms with Gasteiger partial charge in [-0.05, 0) is 19.1 Å². The quantitative estimate of drug-likeness (QED) is 0.774. The van der Waals surface area contributed by atoms with Crippen LogP contribution in [0.15, 0.2) is 29.1 Å². The minimum absolute atomic E-state index is 0.0346. The van der Waals surface area contributed by atoms with E-state index in [1.807, 2.05) is 0 Å². The van der Waals surface area contributed by atoms with E-state index in [2.05, 4.69) is 9.97 Å². The molecule has 0 unspecified atom stereocenters. The van der Waals surface area contributed by atoms with E-state index < -0.39 is 5.82 Å². The maximum atomic E-state index is 13.1. The molecule has 17 heavy (non-hydrogen) atoms. The topological polar surface area (TPSA) is 81.0 Å². The summed E-state index contributed by atoms with van der Waals surface area (Å²) in [5.74, 6) is 0.178. The Bertz CT molecular complexity index is 610. The molecule has 1 aromatic heterocycles. The summed E-state index contributed by atoms with van der Waals surface area (Å²) < 4.78 is 18.4. The summed E-state index contributed by atoms with van der Waals surface area (Å²) in [5, 5.41) is 0. The van der Waals surface area contributed by atoms with Crippen LogP contribution in [0, 0.1) is 12.7 Å². The molecule has 0 fully saturated rings. The van der Waals surface area contributed by atoms with Gasteiger partial charge in [0.15, 0.2) is 0 Å². The summed E-state index contributed by atoms with van der Waals surface area (Å²) in [4.78, 5) is 17.6. The number of hydrogen-bond donors (Lipinski definition) is 2. The van der Waals surface area contributed by atoms with Gasteiger partial charge in [0.05, 0.1) is 11.8 Å². The molecule has 3 N–H and O–H groups in total. The number of nitrogens with zero attached hydrogens (tertiary/aromatic N) is 1. The second-order valence-electron chi connectivity index (χ2n) is 3.45. The van der Waals surface area contributed by atoms with Gasteiger partial charge >= 0.3 is 0 Å². The van der Waals surface area contributed by atoms with Crippen LogP contribution in [0.4, 0.5) is 10.1 Å². The fourth-order valence-electron chi connectivity index (χ4n) is 1.30. The van der Waals surface area contributed by atoms with Crippen molar-refractivity contribution < 1.29 is 9.13 Å². The van der Waals surface area contributed by atoms with Gasteiger partial charge in [-0.15, -0.1) is 0 Å². The summed E-state index contributed by atoms with van der Waals surface area (Å²) in [5.41, 5.74) is 5.03. The SMILES string of the molecule is Cc1nc(Oc2ccc(N)c(F)c2)cc(=O)[nH]1. The van der Waals surface area contributed by atoms with Crippen LogP contribution in [0.5, 0.6) is 11.6 Å². The first-order valence-electron chi connectivity index (χ1n) is 4.85. The highest BCUT2D eigenvalue weighted by molar-refractivity contribution is 5.44. The molecule has 5 nitrogen and oxygen atoms in total. The molecule has 0 atom stereocenters. The van der Waals surface area contributed by atoms with Crippen LogP contribution in [0.25, 0.3) is 0 Å². The van der Waals surface area contributed by atoms with Crippen LogP contribution in [0.3, 0.4) is 0 Å². The molecule has 6 heteroatoms. The van der Waals surface area contributed by atoms with Crippen molar-refractivity contribution in [2.45, 2.75) is 6.92 Å². The van der Waals surface area contributed by atoms with Crippen molar-refractivity contribution in [3.05, 3.63) is 46.3 Å². The maximum Gasteiger partial charge on any atom is 0.254 e. The minimum Gasteiger partial charge on any atom is -0.439 e. The lowest BCUT2D eigenvalue weighted by molar-refractivity contribution is 0.454. The highest BCUT2D eigenvalue weighted by atomic mass is 19.1. The Labute approximate surface area is 96.1 Å². The van der Waals surface area contributed by atoms with Crippen molar-refractivity contribution >= 4 is 5.69 Å². The normalized spacial score (nSPS) is 10.2. The van der Waals surface area contributed by atoms with E-state index in [1.165, 1.54) is 18.2 Å². The van der Waals surface area contributed by atoms with Gasteiger partial charge in [-0.2, -0.15) is 0 Å². The lowest BCUT2D eigenvalue weighted by atomic mass is 10.3. The number of benzene rings is 1. The summed E-state index contributed by atoms with van der Waals surface area (Å²) in [7, 11) is 0. The van der Waals surface area contributed by atoms with Crippen LogP contribution in [-0.2, 0) is 0 Å². The highest BCUT2D eigenvalue weighted by Gasteiger charge is 2.04. The van der Waals surface area contributed by atoms with E-state index >= 15 is 0 Å². The van der Waals surface area contributed by atoms with Gasteiger partial charge in [-0.3, -0.25) is 4.79 Å². The molecule has 0 amide bonds. The zero-order valence-electron chi connectivity index (χ0n) is 9.03. The Hall–Kier alpha value is -2.37. The standard InChI is InChI=1S/C11H10FN3O2/c1-6-14-10(16)5-11(15-6)17-7-2-3-9(13)8(12)4-7/h2-5H,13H2,1H3,(H,14,15,16). The van der Waals surface area contributed by atoms with Crippen molar-refractivity contribution in [1.82, 2.24) is 9.97 Å². The molecule has 1 heterocycles. The first-order chi connectivity index (χ1) is 8.04. The predicted molar refractivity (Wildman–Crippen MR) is 60.5 cm³/mol. The Morgan fingerprint density at radius 2 is 2.18 bits per heavy atom. The Morgan fingerprint density at radius 3 is 2.82 bits per heavy atom. The number of ether oxygens (including phenoxy) is 1. The third-order valence-electron chi connectivity index (χ3n) is 2.03. The van der Waals surface area contributed by atoms with E-state index in [0.717, 1.165) is 6.07 Å². The van der Waals surface area contributed by atoms with Gasteiger partial charge in [-0.1, -0.05) is 0 Å². The van der Waals surface area contributed by atoms with E-state index in [4.69, 9.17) is 10.5 Å². The molecule has 1 aromatic carbocycles. The molecule has 0 aliphatic heterocycles. The second kappa shape index (κ2) is 4.25. The summed E-state index contributed by atoms with van der Waals surface area (Å²) in [6.07, 6.45) is 0. The van der Waals surface area contributed by atoms with Gasteiger partial charge in [-0.25, -0.2) is 9.37 Å². The Balaban J connectivity index is 2.31. The van der Waals surface area contributed by atoms with E-state index in [9.17, 15) is 9.18 Å². The number of anilines is 1. The fourth-order valence-corrected chi connectivity index (χ4v) is 1.30. The molecular formula is C11H10FN3O2. The molecule has 88 valence electrons. The largest absolute Gasteiger partial charge is 0.439 e. The van der Waals surface area contributed by atoms with Crippen molar-refractivity contribution in [3.8, 4) is 11.6 Å². The number of halogens is 1.